The zero-order valence-electron chi connectivity index (χ0n) is 7.81. The lowest BCUT2D eigenvalue weighted by molar-refractivity contribution is 0.0554. The van der Waals surface area contributed by atoms with Crippen LogP contribution in [0.4, 0.5) is 0 Å². The molecule has 0 heterocycles. The van der Waals surface area contributed by atoms with Crippen LogP contribution in [0.3, 0.4) is 0 Å². The fourth-order valence-electron chi connectivity index (χ4n) is 2.06. The Morgan fingerprint density at radius 1 is 1.18 bits per heavy atom. The Kier molecular flexibility index (Phi) is 3.92. The molecule has 0 N–H and O–H groups in total. The number of hydrogen-bond donors (Lipinski definition) is 0. The van der Waals surface area contributed by atoms with Gasteiger partial charge in [0.2, 0.25) is 0 Å². The normalized spacial score (nSPS) is 32.2. The highest BCUT2D eigenvalue weighted by Gasteiger charge is 2.19. The maximum absolute atomic E-state index is 5.32. The van der Waals surface area contributed by atoms with E-state index in [0.717, 1.165) is 5.92 Å². The Morgan fingerprint density at radius 2 is 1.82 bits per heavy atom. The number of methoxy groups -OCH3 is 1. The summed E-state index contributed by atoms with van der Waals surface area (Å²) in [6.07, 6.45) is 8.72. The van der Waals surface area contributed by atoms with Gasteiger partial charge in [-0.25, -0.2) is 0 Å². The summed E-state index contributed by atoms with van der Waals surface area (Å²) in [4.78, 5) is 0. The van der Waals surface area contributed by atoms with E-state index in [1.54, 1.807) is 0 Å². The topological polar surface area (TPSA) is 9.23 Å². The molecule has 1 aliphatic rings. The van der Waals surface area contributed by atoms with Crippen molar-refractivity contribution in [2.75, 3.05) is 7.11 Å². The van der Waals surface area contributed by atoms with Crippen LogP contribution in [0.2, 0.25) is 0 Å². The minimum atomic E-state index is 0.572. The van der Waals surface area contributed by atoms with Gasteiger partial charge in [-0.15, -0.1) is 0 Å². The highest BCUT2D eigenvalue weighted by molar-refractivity contribution is 4.71. The molecular formula is C10H20O. The summed E-state index contributed by atoms with van der Waals surface area (Å²) in [6, 6.07) is 0. The van der Waals surface area contributed by atoms with E-state index in [1.807, 2.05) is 7.11 Å². The minimum Gasteiger partial charge on any atom is -0.381 e. The minimum absolute atomic E-state index is 0.572. The SMILES string of the molecule is CCCC1CCC(OC)CC1. The molecule has 11 heavy (non-hydrogen) atoms. The van der Waals surface area contributed by atoms with Gasteiger partial charge in [-0.05, 0) is 31.6 Å². The second kappa shape index (κ2) is 4.76. The number of ether oxygens (including phenoxy) is 1. The summed E-state index contributed by atoms with van der Waals surface area (Å²) < 4.78 is 5.32. The third-order valence-electron chi connectivity index (χ3n) is 2.82. The van der Waals surface area contributed by atoms with Crippen molar-refractivity contribution >= 4 is 0 Å². The average molecular weight is 156 g/mol. The standard InChI is InChI=1S/C10H20O/c1-3-4-9-5-7-10(11-2)8-6-9/h9-10H,3-8H2,1-2H3. The smallest absolute Gasteiger partial charge is 0.0571 e. The van der Waals surface area contributed by atoms with Crippen LogP contribution in [-0.2, 0) is 4.74 Å². The fraction of sp³-hybridized carbons (Fsp3) is 1.00. The molecule has 1 rings (SSSR count). The van der Waals surface area contributed by atoms with E-state index in [1.165, 1.54) is 38.5 Å². The second-order valence-corrected chi connectivity index (χ2v) is 3.67. The molecule has 0 aliphatic heterocycles. The highest BCUT2D eigenvalue weighted by atomic mass is 16.5. The molecule has 1 fully saturated rings. The van der Waals surface area contributed by atoms with Crippen LogP contribution in [0.5, 0.6) is 0 Å². The lowest BCUT2D eigenvalue weighted by atomic mass is 9.85. The van der Waals surface area contributed by atoms with Crippen LogP contribution < -0.4 is 0 Å². The van der Waals surface area contributed by atoms with Crippen molar-refractivity contribution in [1.29, 1.82) is 0 Å². The molecule has 0 saturated heterocycles. The van der Waals surface area contributed by atoms with E-state index in [2.05, 4.69) is 6.92 Å². The largest absolute Gasteiger partial charge is 0.381 e. The predicted molar refractivity (Wildman–Crippen MR) is 47.7 cm³/mol. The van der Waals surface area contributed by atoms with E-state index < -0.39 is 0 Å². The fourth-order valence-corrected chi connectivity index (χ4v) is 2.06. The van der Waals surface area contributed by atoms with Crippen molar-refractivity contribution < 1.29 is 4.74 Å². The lowest BCUT2D eigenvalue weighted by Crippen LogP contribution is -2.20. The van der Waals surface area contributed by atoms with E-state index >= 15 is 0 Å². The second-order valence-electron chi connectivity index (χ2n) is 3.67. The average Bonchev–Trinajstić information content (AvgIpc) is 2.07. The van der Waals surface area contributed by atoms with Gasteiger partial charge in [0.05, 0.1) is 6.10 Å². The van der Waals surface area contributed by atoms with Crippen molar-refractivity contribution in [2.24, 2.45) is 5.92 Å². The molecule has 0 bridgehead atoms. The molecule has 1 heteroatoms. The van der Waals surface area contributed by atoms with Crippen LogP contribution in [0.15, 0.2) is 0 Å². The van der Waals surface area contributed by atoms with Crippen LogP contribution in [-0.4, -0.2) is 13.2 Å². The number of rotatable bonds is 3. The van der Waals surface area contributed by atoms with E-state index in [0.29, 0.717) is 6.10 Å². The van der Waals surface area contributed by atoms with Gasteiger partial charge in [0, 0.05) is 7.11 Å². The van der Waals surface area contributed by atoms with Crippen LogP contribution in [0, 0.1) is 5.92 Å². The van der Waals surface area contributed by atoms with Crippen molar-refractivity contribution in [2.45, 2.75) is 51.6 Å². The molecule has 0 atom stereocenters. The van der Waals surface area contributed by atoms with E-state index in [9.17, 15) is 0 Å². The van der Waals surface area contributed by atoms with Crippen molar-refractivity contribution in [3.05, 3.63) is 0 Å². The predicted octanol–water partition coefficient (Wildman–Crippen LogP) is 2.99. The van der Waals surface area contributed by atoms with Gasteiger partial charge in [0.25, 0.3) is 0 Å². The van der Waals surface area contributed by atoms with Gasteiger partial charge in [0.15, 0.2) is 0 Å². The van der Waals surface area contributed by atoms with Gasteiger partial charge in [-0.2, -0.15) is 0 Å². The summed E-state index contributed by atoms with van der Waals surface area (Å²) in [6.45, 7) is 2.28. The first-order valence-electron chi connectivity index (χ1n) is 4.89. The first-order valence-corrected chi connectivity index (χ1v) is 4.89. The molecule has 1 nitrogen and oxygen atoms in total. The Bertz CT molecular complexity index is 93.0. The van der Waals surface area contributed by atoms with Crippen LogP contribution in [0.1, 0.15) is 45.4 Å². The monoisotopic (exact) mass is 156 g/mol. The molecular weight excluding hydrogens is 136 g/mol. The third-order valence-corrected chi connectivity index (χ3v) is 2.82. The summed E-state index contributed by atoms with van der Waals surface area (Å²) in [5.41, 5.74) is 0. The summed E-state index contributed by atoms with van der Waals surface area (Å²) in [5.74, 6) is 1.01. The molecule has 1 saturated carbocycles. The molecule has 66 valence electrons. The quantitative estimate of drug-likeness (QED) is 0.610. The van der Waals surface area contributed by atoms with Crippen LogP contribution in [0.25, 0.3) is 0 Å². The summed E-state index contributed by atoms with van der Waals surface area (Å²) in [5, 5.41) is 0. The Hall–Kier alpha value is -0.0400. The van der Waals surface area contributed by atoms with E-state index in [4.69, 9.17) is 4.74 Å². The molecule has 0 aromatic heterocycles. The lowest BCUT2D eigenvalue weighted by Gasteiger charge is -2.27. The van der Waals surface area contributed by atoms with Gasteiger partial charge < -0.3 is 4.74 Å². The van der Waals surface area contributed by atoms with Crippen molar-refractivity contribution in [3.8, 4) is 0 Å². The molecule has 1 aliphatic carbocycles. The van der Waals surface area contributed by atoms with Gasteiger partial charge >= 0.3 is 0 Å². The summed E-state index contributed by atoms with van der Waals surface area (Å²) in [7, 11) is 1.84. The van der Waals surface area contributed by atoms with Crippen molar-refractivity contribution in [3.63, 3.8) is 0 Å². The van der Waals surface area contributed by atoms with E-state index in [-0.39, 0.29) is 0 Å². The third kappa shape index (κ3) is 2.82. The zero-order valence-corrected chi connectivity index (χ0v) is 7.81. The zero-order chi connectivity index (χ0) is 8.10. The Morgan fingerprint density at radius 3 is 2.27 bits per heavy atom. The molecule has 0 amide bonds. The Balaban J connectivity index is 2.14. The molecule has 0 spiro atoms. The first-order chi connectivity index (χ1) is 5.36. The highest BCUT2D eigenvalue weighted by Crippen LogP contribution is 2.28. The summed E-state index contributed by atoms with van der Waals surface area (Å²) >= 11 is 0. The Labute approximate surface area is 70.1 Å². The van der Waals surface area contributed by atoms with Gasteiger partial charge in [0.1, 0.15) is 0 Å². The molecule has 0 aromatic carbocycles. The molecule has 0 aromatic rings. The first kappa shape index (κ1) is 9.05. The van der Waals surface area contributed by atoms with Gasteiger partial charge in [-0.3, -0.25) is 0 Å². The molecule has 0 unspecified atom stereocenters. The number of hydrogen-bond acceptors (Lipinski definition) is 1. The van der Waals surface area contributed by atoms with Gasteiger partial charge in [-0.1, -0.05) is 19.8 Å². The maximum atomic E-state index is 5.32. The van der Waals surface area contributed by atoms with Crippen molar-refractivity contribution in [1.82, 2.24) is 0 Å². The molecule has 0 radical (unpaired) electrons. The van der Waals surface area contributed by atoms with Crippen LogP contribution >= 0.6 is 0 Å². The maximum Gasteiger partial charge on any atom is 0.0571 e.